The van der Waals surface area contributed by atoms with Gasteiger partial charge in [0.05, 0.1) is 7.11 Å². The van der Waals surface area contributed by atoms with Crippen LogP contribution in [0.25, 0.3) is 0 Å². The molecule has 0 saturated carbocycles. The van der Waals surface area contributed by atoms with E-state index in [2.05, 4.69) is 12.1 Å². The van der Waals surface area contributed by atoms with Crippen LogP contribution in [0.1, 0.15) is 33.8 Å². The van der Waals surface area contributed by atoms with E-state index in [4.69, 9.17) is 4.74 Å². The van der Waals surface area contributed by atoms with Crippen LogP contribution in [0.15, 0.2) is 48.5 Å². The number of rotatable bonds is 2. The molecule has 0 radical (unpaired) electrons. The van der Waals surface area contributed by atoms with Crippen molar-refractivity contribution < 1.29 is 9.53 Å². The maximum atomic E-state index is 12.0. The molecule has 2 aromatic carbocycles. The zero-order chi connectivity index (χ0) is 12.5. The van der Waals surface area contributed by atoms with E-state index in [0.29, 0.717) is 6.42 Å². The Morgan fingerprint density at radius 2 is 1.89 bits per heavy atom. The molecule has 0 fully saturated rings. The second-order valence-corrected chi connectivity index (χ2v) is 4.54. The Hall–Kier alpha value is -2.09. The molecule has 0 spiro atoms. The van der Waals surface area contributed by atoms with Crippen molar-refractivity contribution in [1.29, 1.82) is 0 Å². The lowest BCUT2D eigenvalue weighted by Gasteiger charge is -2.11. The predicted molar refractivity (Wildman–Crippen MR) is 70.2 cm³/mol. The minimum Gasteiger partial charge on any atom is -0.497 e. The maximum Gasteiger partial charge on any atom is 0.164 e. The largest absolute Gasteiger partial charge is 0.497 e. The van der Waals surface area contributed by atoms with E-state index in [1.807, 2.05) is 36.4 Å². The molecule has 3 rings (SSSR count). The molecule has 1 atom stereocenters. The summed E-state index contributed by atoms with van der Waals surface area (Å²) >= 11 is 0. The summed E-state index contributed by atoms with van der Waals surface area (Å²) in [5.41, 5.74) is 3.12. The molecular weight excluding hydrogens is 224 g/mol. The summed E-state index contributed by atoms with van der Waals surface area (Å²) in [4.78, 5) is 12.0. The van der Waals surface area contributed by atoms with Crippen LogP contribution in [0.3, 0.4) is 0 Å². The number of ether oxygens (including phenoxy) is 1. The number of Topliss-reactive ketones (excluding diaryl/α,β-unsaturated/α-hetero) is 1. The summed E-state index contributed by atoms with van der Waals surface area (Å²) in [6, 6.07) is 15.9. The predicted octanol–water partition coefficient (Wildman–Crippen LogP) is 3.41. The standard InChI is InChI=1S/C16H14O2/c1-18-12-7-8-13-15(9-12)14(10-16(13)17)11-5-3-2-4-6-11/h2-9,14H,10H2,1H3. The topological polar surface area (TPSA) is 26.3 Å². The molecule has 0 saturated heterocycles. The van der Waals surface area contributed by atoms with Gasteiger partial charge in [-0.15, -0.1) is 0 Å². The molecule has 18 heavy (non-hydrogen) atoms. The summed E-state index contributed by atoms with van der Waals surface area (Å²) in [7, 11) is 1.65. The van der Waals surface area contributed by atoms with Crippen molar-refractivity contribution in [3.05, 3.63) is 65.2 Å². The minimum absolute atomic E-state index is 0.170. The second-order valence-electron chi connectivity index (χ2n) is 4.54. The Labute approximate surface area is 106 Å². The average Bonchev–Trinajstić information content (AvgIpc) is 2.76. The SMILES string of the molecule is COc1ccc2c(c1)C(c1ccccc1)CC2=O. The van der Waals surface area contributed by atoms with Crippen LogP contribution in [0.5, 0.6) is 5.75 Å². The number of carbonyl (C=O) groups is 1. The molecule has 0 heterocycles. The van der Waals surface area contributed by atoms with Crippen molar-refractivity contribution in [2.45, 2.75) is 12.3 Å². The highest BCUT2D eigenvalue weighted by molar-refractivity contribution is 6.02. The van der Waals surface area contributed by atoms with Gasteiger partial charge in [0.2, 0.25) is 0 Å². The first-order valence-corrected chi connectivity index (χ1v) is 6.05. The summed E-state index contributed by atoms with van der Waals surface area (Å²) in [5.74, 6) is 1.20. The molecule has 1 unspecified atom stereocenters. The lowest BCUT2D eigenvalue weighted by molar-refractivity contribution is 0.0991. The van der Waals surface area contributed by atoms with Crippen LogP contribution in [0, 0.1) is 0 Å². The van der Waals surface area contributed by atoms with Crippen molar-refractivity contribution in [3.63, 3.8) is 0 Å². The summed E-state index contributed by atoms with van der Waals surface area (Å²) in [6.45, 7) is 0. The fourth-order valence-corrected chi connectivity index (χ4v) is 2.60. The number of methoxy groups -OCH3 is 1. The number of fused-ring (bicyclic) bond motifs is 1. The third-order valence-corrected chi connectivity index (χ3v) is 3.53. The van der Waals surface area contributed by atoms with Gasteiger partial charge in [-0.25, -0.2) is 0 Å². The van der Waals surface area contributed by atoms with E-state index in [1.54, 1.807) is 7.11 Å². The summed E-state index contributed by atoms with van der Waals surface area (Å²) in [6.07, 6.45) is 0.562. The molecule has 1 aliphatic carbocycles. The number of hydrogen-bond donors (Lipinski definition) is 0. The molecule has 90 valence electrons. The van der Waals surface area contributed by atoms with Crippen LogP contribution in [0.4, 0.5) is 0 Å². The van der Waals surface area contributed by atoms with Gasteiger partial charge in [-0.2, -0.15) is 0 Å². The van der Waals surface area contributed by atoms with Gasteiger partial charge >= 0.3 is 0 Å². The van der Waals surface area contributed by atoms with Gasteiger partial charge in [0, 0.05) is 17.9 Å². The molecule has 2 nitrogen and oxygen atoms in total. The van der Waals surface area contributed by atoms with Gasteiger partial charge in [-0.05, 0) is 29.3 Å². The third kappa shape index (κ3) is 1.70. The van der Waals surface area contributed by atoms with Crippen LogP contribution in [-0.2, 0) is 0 Å². The van der Waals surface area contributed by atoms with Gasteiger partial charge in [-0.3, -0.25) is 4.79 Å². The van der Waals surface area contributed by atoms with Gasteiger partial charge in [-0.1, -0.05) is 30.3 Å². The molecule has 1 aliphatic rings. The van der Waals surface area contributed by atoms with E-state index in [1.165, 1.54) is 5.56 Å². The molecule has 0 amide bonds. The Morgan fingerprint density at radius 3 is 2.61 bits per heavy atom. The molecule has 2 heteroatoms. The van der Waals surface area contributed by atoms with Crippen LogP contribution in [0.2, 0.25) is 0 Å². The lowest BCUT2D eigenvalue weighted by atomic mass is 9.93. The van der Waals surface area contributed by atoms with Gasteiger partial charge in [0.25, 0.3) is 0 Å². The number of benzene rings is 2. The van der Waals surface area contributed by atoms with E-state index in [0.717, 1.165) is 16.9 Å². The molecule has 2 aromatic rings. The third-order valence-electron chi connectivity index (χ3n) is 3.53. The molecule has 0 N–H and O–H groups in total. The fraction of sp³-hybridized carbons (Fsp3) is 0.188. The quantitative estimate of drug-likeness (QED) is 0.801. The smallest absolute Gasteiger partial charge is 0.164 e. The highest BCUT2D eigenvalue weighted by Gasteiger charge is 2.30. The molecule has 0 bridgehead atoms. The number of hydrogen-bond acceptors (Lipinski definition) is 2. The molecule has 0 aromatic heterocycles. The van der Waals surface area contributed by atoms with E-state index >= 15 is 0 Å². The van der Waals surface area contributed by atoms with E-state index < -0.39 is 0 Å². The summed E-state index contributed by atoms with van der Waals surface area (Å²) < 4.78 is 5.25. The van der Waals surface area contributed by atoms with Gasteiger partial charge in [0.1, 0.15) is 5.75 Å². The monoisotopic (exact) mass is 238 g/mol. The number of carbonyl (C=O) groups excluding carboxylic acids is 1. The Kier molecular flexibility index (Phi) is 2.63. The summed E-state index contributed by atoms with van der Waals surface area (Å²) in [5, 5.41) is 0. The van der Waals surface area contributed by atoms with Gasteiger partial charge in [0.15, 0.2) is 5.78 Å². The Balaban J connectivity index is 2.10. The second kappa shape index (κ2) is 4.30. The first-order chi connectivity index (χ1) is 8.79. The normalized spacial score (nSPS) is 17.6. The fourth-order valence-electron chi connectivity index (χ4n) is 2.60. The first-order valence-electron chi connectivity index (χ1n) is 6.05. The van der Waals surface area contributed by atoms with Crippen molar-refractivity contribution in [2.24, 2.45) is 0 Å². The highest BCUT2D eigenvalue weighted by atomic mass is 16.5. The number of ketones is 1. The van der Waals surface area contributed by atoms with Gasteiger partial charge < -0.3 is 4.74 Å². The Bertz CT molecular complexity index is 587. The molecular formula is C16H14O2. The lowest BCUT2D eigenvalue weighted by Crippen LogP contribution is -1.96. The molecule has 0 aliphatic heterocycles. The zero-order valence-corrected chi connectivity index (χ0v) is 10.2. The zero-order valence-electron chi connectivity index (χ0n) is 10.2. The maximum absolute atomic E-state index is 12.0. The van der Waals surface area contributed by atoms with Crippen molar-refractivity contribution in [3.8, 4) is 5.75 Å². The van der Waals surface area contributed by atoms with Crippen LogP contribution >= 0.6 is 0 Å². The van der Waals surface area contributed by atoms with Crippen molar-refractivity contribution in [2.75, 3.05) is 7.11 Å². The Morgan fingerprint density at radius 1 is 1.11 bits per heavy atom. The average molecular weight is 238 g/mol. The van der Waals surface area contributed by atoms with Crippen molar-refractivity contribution in [1.82, 2.24) is 0 Å². The minimum atomic E-state index is 0.170. The van der Waals surface area contributed by atoms with Crippen LogP contribution in [-0.4, -0.2) is 12.9 Å². The first kappa shape index (κ1) is 11.0. The van der Waals surface area contributed by atoms with E-state index in [9.17, 15) is 4.79 Å². The van der Waals surface area contributed by atoms with Crippen molar-refractivity contribution >= 4 is 5.78 Å². The highest BCUT2D eigenvalue weighted by Crippen LogP contribution is 2.39. The van der Waals surface area contributed by atoms with Crippen LogP contribution < -0.4 is 4.74 Å². The van der Waals surface area contributed by atoms with E-state index in [-0.39, 0.29) is 11.7 Å².